The number of carbonyl (C=O) groups is 4. The second-order valence-electron chi connectivity index (χ2n) is 8.58. The van der Waals surface area contributed by atoms with Crippen LogP contribution in [0.25, 0.3) is 0 Å². The molecule has 6 atom stereocenters. The van der Waals surface area contributed by atoms with Crippen molar-refractivity contribution < 1.29 is 154 Å². The summed E-state index contributed by atoms with van der Waals surface area (Å²) in [5.41, 5.74) is 0. The average Bonchev–Trinajstić information content (AvgIpc) is 2.79. The average molecular weight is 663 g/mol. The molecule has 0 saturated heterocycles. The smallest absolute Gasteiger partial charge is 0.748 e. The Morgan fingerprint density at radius 3 is 1.02 bits per heavy atom. The fraction of sp³-hybridized carbons (Fsp3) is 0.818. The largest absolute Gasteiger partial charge is 1.00 e. The van der Waals surface area contributed by atoms with Gasteiger partial charge in [-0.25, -0.2) is 16.8 Å². The van der Waals surface area contributed by atoms with E-state index in [-0.39, 0.29) is 101 Å². The molecule has 0 aromatic rings. The van der Waals surface area contributed by atoms with Crippen molar-refractivity contribution in [2.75, 3.05) is 0 Å². The van der Waals surface area contributed by atoms with E-state index in [1.807, 2.05) is 6.92 Å². The monoisotopic (exact) mass is 662 g/mol. The first-order chi connectivity index (χ1) is 16.9. The van der Waals surface area contributed by atoms with E-state index in [9.17, 15) is 50.2 Å². The molecule has 0 aliphatic heterocycles. The molecule has 41 heavy (non-hydrogen) atoms. The molecule has 0 amide bonds. The minimum Gasteiger partial charge on any atom is -0.748 e. The van der Waals surface area contributed by atoms with E-state index in [1.54, 1.807) is 20.8 Å². The van der Waals surface area contributed by atoms with Crippen molar-refractivity contribution in [3.63, 3.8) is 0 Å². The zero-order valence-electron chi connectivity index (χ0n) is 25.9. The molecule has 0 rings (SSSR count). The minimum absolute atomic E-state index is 0. The maximum absolute atomic E-state index is 10.5. The Bertz CT molecular complexity index is 925. The summed E-state index contributed by atoms with van der Waals surface area (Å²) < 4.78 is 61.4. The predicted molar refractivity (Wildman–Crippen MR) is 133 cm³/mol. The van der Waals surface area contributed by atoms with Crippen LogP contribution in [0.4, 0.5) is 0 Å². The first-order valence-electron chi connectivity index (χ1n) is 11.7. The molecular formula is C22H41Na3O14S2. The summed E-state index contributed by atoms with van der Waals surface area (Å²) in [6.45, 7) is 12.2. The Kier molecular flexibility index (Phi) is 41.2. The second-order valence-corrected chi connectivity index (χ2v) is 12.2. The molecular weight excluding hydrogens is 621 g/mol. The zero-order chi connectivity index (χ0) is 31.6. The summed E-state index contributed by atoms with van der Waals surface area (Å²) in [5.74, 6) is -6.85. The second kappa shape index (κ2) is 29.4. The van der Waals surface area contributed by atoms with Crippen LogP contribution in [-0.2, 0) is 39.4 Å². The number of carboxylic acids is 4. The maximum Gasteiger partial charge on any atom is 1.00 e. The number of hydrogen-bond acceptors (Lipinski definition) is 11. The third kappa shape index (κ3) is 33.4. The van der Waals surface area contributed by atoms with Crippen LogP contribution in [0.15, 0.2) is 0 Å². The van der Waals surface area contributed by atoms with Gasteiger partial charge in [0.25, 0.3) is 0 Å². The first kappa shape index (κ1) is 57.4. The van der Waals surface area contributed by atoms with E-state index in [4.69, 9.17) is 15.3 Å². The van der Waals surface area contributed by atoms with Crippen LogP contribution in [0.2, 0.25) is 0 Å². The summed E-state index contributed by atoms with van der Waals surface area (Å²) in [6, 6.07) is 0. The van der Waals surface area contributed by atoms with Crippen LogP contribution in [0.1, 0.15) is 81.1 Å². The van der Waals surface area contributed by atoms with E-state index in [0.717, 1.165) is 0 Å². The van der Waals surface area contributed by atoms with Crippen molar-refractivity contribution in [3.8, 4) is 0 Å². The van der Waals surface area contributed by atoms with Gasteiger partial charge in [-0.1, -0.05) is 41.5 Å². The molecule has 0 spiro atoms. The van der Waals surface area contributed by atoms with E-state index in [0.29, 0.717) is 19.3 Å². The zero-order valence-corrected chi connectivity index (χ0v) is 33.6. The van der Waals surface area contributed by atoms with Gasteiger partial charge in [0, 0.05) is 16.5 Å². The van der Waals surface area contributed by atoms with Gasteiger partial charge in [-0.2, -0.15) is 0 Å². The predicted octanol–water partition coefficient (Wildman–Crippen LogP) is -8.03. The summed E-state index contributed by atoms with van der Waals surface area (Å²) in [4.78, 5) is 40.7. The van der Waals surface area contributed by atoms with Crippen molar-refractivity contribution in [2.45, 2.75) is 91.6 Å². The number of carboxylic acid groups (broad SMARTS) is 4. The molecule has 0 aromatic heterocycles. The van der Waals surface area contributed by atoms with Crippen molar-refractivity contribution >= 4 is 44.1 Å². The van der Waals surface area contributed by atoms with Crippen LogP contribution < -0.4 is 93.8 Å². The van der Waals surface area contributed by atoms with E-state index >= 15 is 0 Å². The van der Waals surface area contributed by atoms with Gasteiger partial charge in [-0.05, 0) is 45.4 Å². The number of hydrogen-bond donors (Lipinski definition) is 3. The van der Waals surface area contributed by atoms with Gasteiger partial charge >= 0.3 is 107 Å². The van der Waals surface area contributed by atoms with Crippen LogP contribution in [-0.4, -0.2) is 75.6 Å². The minimum atomic E-state index is -4.35. The van der Waals surface area contributed by atoms with E-state index in [2.05, 4.69) is 0 Å². The molecule has 0 aliphatic rings. The fourth-order valence-electron chi connectivity index (χ4n) is 1.76. The summed E-state index contributed by atoms with van der Waals surface area (Å²) >= 11 is 0. The molecule has 3 N–H and O–H groups in total. The Morgan fingerprint density at radius 1 is 0.610 bits per heavy atom. The molecule has 0 heterocycles. The van der Waals surface area contributed by atoms with E-state index < -0.39 is 72.4 Å². The number of aliphatic carboxylic acids is 4. The SMILES string of the molecule is CC(C(=O)O)C(C)C(=O)O.CCC(C)C(=O)[O-].CCC(C)S(=O)(=O)[O-].CCC(CC(C)S(=O)(=O)[O-])C(=O)O.[Na+].[Na+].[Na+]. The summed E-state index contributed by atoms with van der Waals surface area (Å²) in [5, 5.41) is 33.2. The molecule has 228 valence electrons. The van der Waals surface area contributed by atoms with Crippen LogP contribution >= 0.6 is 0 Å². The van der Waals surface area contributed by atoms with Crippen LogP contribution in [0, 0.1) is 23.7 Å². The maximum atomic E-state index is 10.5. The topological polar surface area (TPSA) is 266 Å². The molecule has 19 heteroatoms. The molecule has 0 bridgehead atoms. The number of carbonyl (C=O) groups excluding carboxylic acids is 1. The molecule has 6 unspecified atom stereocenters. The van der Waals surface area contributed by atoms with Crippen molar-refractivity contribution in [1.29, 1.82) is 0 Å². The van der Waals surface area contributed by atoms with Crippen molar-refractivity contribution in [2.24, 2.45) is 23.7 Å². The van der Waals surface area contributed by atoms with Crippen molar-refractivity contribution in [1.82, 2.24) is 0 Å². The molecule has 0 fully saturated rings. The van der Waals surface area contributed by atoms with E-state index in [1.165, 1.54) is 27.7 Å². The van der Waals surface area contributed by atoms with Crippen LogP contribution in [0.3, 0.4) is 0 Å². The van der Waals surface area contributed by atoms with Gasteiger partial charge in [0.1, 0.15) is 0 Å². The fourth-order valence-corrected chi connectivity index (χ4v) is 2.64. The summed E-state index contributed by atoms with van der Waals surface area (Å²) in [7, 11) is -8.36. The van der Waals surface area contributed by atoms with Gasteiger partial charge in [-0.15, -0.1) is 0 Å². The van der Waals surface area contributed by atoms with Crippen molar-refractivity contribution in [3.05, 3.63) is 0 Å². The molecule has 0 radical (unpaired) electrons. The van der Waals surface area contributed by atoms with Gasteiger partial charge in [-0.3, -0.25) is 14.4 Å². The van der Waals surface area contributed by atoms with Gasteiger partial charge in [0.15, 0.2) is 0 Å². The third-order valence-corrected chi connectivity index (χ3v) is 8.06. The molecule has 0 saturated carbocycles. The number of rotatable bonds is 12. The Morgan fingerprint density at radius 2 is 0.927 bits per heavy atom. The molecule has 0 aliphatic carbocycles. The summed E-state index contributed by atoms with van der Waals surface area (Å²) in [6.07, 6.45) is 1.26. The normalized spacial score (nSPS) is 14.5. The first-order valence-corrected chi connectivity index (χ1v) is 14.6. The quantitative estimate of drug-likeness (QED) is 0.129. The van der Waals surface area contributed by atoms with Crippen LogP contribution in [0.5, 0.6) is 0 Å². The third-order valence-electron chi connectivity index (χ3n) is 5.56. The molecule has 14 nitrogen and oxygen atoms in total. The Labute approximate surface area is 310 Å². The Hall–Kier alpha value is 0.700. The van der Waals surface area contributed by atoms with Gasteiger partial charge in [0.2, 0.25) is 0 Å². The molecule has 0 aromatic carbocycles. The van der Waals surface area contributed by atoms with Gasteiger partial charge in [0.05, 0.1) is 38.0 Å². The van der Waals surface area contributed by atoms with Gasteiger partial charge < -0.3 is 34.3 Å². The standard InChI is InChI=1S/C7H14O5S.C6H10O4.C5H10O2.C4H10O3S.3Na/c1-3-6(7(8)9)4-5(2)13(10,11)12;1-3(5(7)8)4(2)6(9)10;1-3-4(2)5(6)7;1-3-4(2)8(5,6)7;;;/h5-6H,3-4H2,1-2H3,(H,8,9)(H,10,11,12);3-4H,1-2H3,(H,7,8)(H,9,10);4H,3H2,1-2H3,(H,6,7);4H,3H2,1-2H3,(H,5,6,7);;;/q;;;;3*+1/p-3. The Balaban J connectivity index is -0.0000000753.